The largest absolute Gasteiger partial charge is 0.489 e. The molecule has 3 amide bonds. The van der Waals surface area contributed by atoms with E-state index in [2.05, 4.69) is 25.1 Å². The number of nitrogen functional groups attached to an aromatic ring is 1. The number of rotatable bonds is 16. The third-order valence-electron chi connectivity index (χ3n) is 7.56. The lowest BCUT2D eigenvalue weighted by atomic mass is 9.84. The van der Waals surface area contributed by atoms with Gasteiger partial charge in [0.1, 0.15) is 30.1 Å². The van der Waals surface area contributed by atoms with E-state index in [1.807, 2.05) is 19.2 Å². The summed E-state index contributed by atoms with van der Waals surface area (Å²) in [5, 5.41) is 20.4. The zero-order chi connectivity index (χ0) is 37.7. The second-order valence-electron chi connectivity index (χ2n) is 11.8. The predicted molar refractivity (Wildman–Crippen MR) is 181 cm³/mol. The van der Waals surface area contributed by atoms with Crippen LogP contribution in [-0.2, 0) is 45.7 Å². The minimum Gasteiger partial charge on any atom is -0.489 e. The van der Waals surface area contributed by atoms with Crippen molar-refractivity contribution in [1.82, 2.24) is 15.4 Å². The summed E-state index contributed by atoms with van der Waals surface area (Å²) < 4.78 is 42.8. The van der Waals surface area contributed by atoms with Crippen LogP contribution < -0.4 is 31.4 Å². The van der Waals surface area contributed by atoms with Gasteiger partial charge in [0.15, 0.2) is 10.8 Å². The smallest absolute Gasteiger partial charge is 0.418 e. The average molecular weight is 750 g/mol. The molecule has 19 nitrogen and oxygen atoms in total. The highest BCUT2D eigenvalue weighted by Gasteiger charge is 2.58. The highest BCUT2D eigenvalue weighted by atomic mass is 32.3. The molecule has 0 saturated carbocycles. The highest BCUT2D eigenvalue weighted by molar-refractivity contribution is 7.80. The molecule has 4 rings (SSSR count). The lowest BCUT2D eigenvalue weighted by Gasteiger charge is -2.50. The van der Waals surface area contributed by atoms with Crippen molar-refractivity contribution < 1.29 is 55.7 Å². The minimum absolute atomic E-state index is 0.0449. The fourth-order valence-electron chi connectivity index (χ4n) is 4.77. The number of carbonyl (C=O) groups excluding carboxylic acids is 3. The van der Waals surface area contributed by atoms with E-state index in [4.69, 9.17) is 25.6 Å². The number of nitrogens with two attached hydrogens (primary N) is 2. The third kappa shape index (κ3) is 9.52. The van der Waals surface area contributed by atoms with Gasteiger partial charge in [0, 0.05) is 17.0 Å². The Hall–Kier alpha value is -5.22. The summed E-state index contributed by atoms with van der Waals surface area (Å²) >= 11 is 0.947. The van der Waals surface area contributed by atoms with Crippen molar-refractivity contribution in [1.29, 1.82) is 0 Å². The number of aryl methyl sites for hydroxylation is 1. The predicted octanol–water partition coefficient (Wildman–Crippen LogP) is 0.376. The highest BCUT2D eigenvalue weighted by Crippen LogP contribution is 2.33. The van der Waals surface area contributed by atoms with Crippen LogP contribution in [0.25, 0.3) is 11.1 Å². The number of carboxylic acid groups (broad SMARTS) is 1. The number of carboxylic acids is 1. The number of amides is 3. The van der Waals surface area contributed by atoms with Crippen molar-refractivity contribution in [2.45, 2.75) is 57.3 Å². The number of hydrogen-bond donors (Lipinski definition) is 6. The molecular formula is C30H37N8O11S2+. The van der Waals surface area contributed by atoms with Crippen LogP contribution in [0.3, 0.4) is 0 Å². The summed E-state index contributed by atoms with van der Waals surface area (Å²) in [4.78, 5) is 59.3. The van der Waals surface area contributed by atoms with E-state index >= 15 is 0 Å². The van der Waals surface area contributed by atoms with E-state index in [9.17, 15) is 32.7 Å². The molecular weight excluding hydrogens is 713 g/mol. The monoisotopic (exact) mass is 749 g/mol. The van der Waals surface area contributed by atoms with Gasteiger partial charge >= 0.3 is 22.3 Å². The number of hydrogen-bond acceptors (Lipinski definition) is 14. The number of pyridine rings is 1. The summed E-state index contributed by atoms with van der Waals surface area (Å²) in [7, 11) is -3.25. The van der Waals surface area contributed by atoms with Gasteiger partial charge in [-0.15, -0.1) is 15.6 Å². The molecule has 274 valence electrons. The number of hydroxylamine groups is 2. The van der Waals surface area contributed by atoms with E-state index in [1.54, 1.807) is 41.9 Å². The van der Waals surface area contributed by atoms with E-state index in [0.29, 0.717) is 23.1 Å². The molecule has 51 heavy (non-hydrogen) atoms. The Bertz CT molecular complexity index is 1930. The van der Waals surface area contributed by atoms with Crippen LogP contribution in [0.4, 0.5) is 10.9 Å². The van der Waals surface area contributed by atoms with Crippen LogP contribution in [0.2, 0.25) is 0 Å². The SMILES string of the molecule is CCC[C@H](N)C(=O)Nc1ccc(-c2ccc(OC[C@H](O/N=C(\C(=O)N[C@@H]3C(=O)N(OS(=O)(=O)O)C3(C)C)c3csc(N)n3)C(=O)O)cc2)c[n+]1C. The zero-order valence-corrected chi connectivity index (χ0v) is 29.4. The molecule has 8 N–H and O–H groups in total. The summed E-state index contributed by atoms with van der Waals surface area (Å²) in [6, 6.07) is 8.33. The molecule has 1 saturated heterocycles. The molecule has 21 heteroatoms. The molecule has 1 aliphatic rings. The summed E-state index contributed by atoms with van der Waals surface area (Å²) in [6.45, 7) is 4.12. The van der Waals surface area contributed by atoms with Crippen LogP contribution in [0.5, 0.6) is 5.75 Å². The van der Waals surface area contributed by atoms with Gasteiger partial charge in [0.25, 0.3) is 23.7 Å². The maximum Gasteiger partial charge on any atom is 0.418 e. The lowest BCUT2D eigenvalue weighted by molar-refractivity contribution is -0.656. The molecule has 0 spiro atoms. The average Bonchev–Trinajstić information content (AvgIpc) is 3.49. The number of oxime groups is 1. The Morgan fingerprint density at radius 3 is 2.39 bits per heavy atom. The molecule has 2 aromatic heterocycles. The molecule has 1 fully saturated rings. The lowest BCUT2D eigenvalue weighted by Crippen LogP contribution is -2.76. The number of aliphatic carboxylic acids is 1. The second-order valence-corrected chi connectivity index (χ2v) is 13.7. The van der Waals surface area contributed by atoms with Crippen molar-refractivity contribution in [2.75, 3.05) is 17.7 Å². The molecule has 0 unspecified atom stereocenters. The fourth-order valence-corrected chi connectivity index (χ4v) is 5.77. The number of nitrogens with zero attached hydrogens (tertiary/aromatic N) is 4. The van der Waals surface area contributed by atoms with Crippen LogP contribution in [0, 0.1) is 0 Å². The topological polar surface area (TPSA) is 279 Å². The van der Waals surface area contributed by atoms with Gasteiger partial charge in [-0.3, -0.25) is 14.1 Å². The van der Waals surface area contributed by atoms with Gasteiger partial charge in [-0.2, -0.15) is 13.5 Å². The summed E-state index contributed by atoms with van der Waals surface area (Å²) in [5.41, 5.74) is 11.1. The number of thiazole rings is 1. The number of β-lactam (4-membered cyclic amide) rings is 1. The van der Waals surface area contributed by atoms with Gasteiger partial charge < -0.3 is 31.5 Å². The van der Waals surface area contributed by atoms with Crippen LogP contribution in [-0.4, -0.2) is 87.9 Å². The molecule has 1 aromatic carbocycles. The molecule has 0 aliphatic carbocycles. The first-order valence-corrected chi connectivity index (χ1v) is 17.4. The van der Waals surface area contributed by atoms with Gasteiger partial charge in [-0.1, -0.05) is 30.6 Å². The van der Waals surface area contributed by atoms with Crippen LogP contribution in [0.1, 0.15) is 39.3 Å². The fraction of sp³-hybridized carbons (Fsp3) is 0.367. The van der Waals surface area contributed by atoms with E-state index in [0.717, 1.165) is 28.9 Å². The first kappa shape index (κ1) is 38.6. The van der Waals surface area contributed by atoms with Crippen LogP contribution in [0.15, 0.2) is 53.1 Å². The standard InChI is InChI=1S/C30H36N8O11S2/c1-5-6-19(31)25(39)34-22-12-9-17(13-37(22)4)16-7-10-18(11-8-16)47-14-21(28(42)43)48-36-23(20-15-50-29(32)33-20)26(40)35-24-27(41)38(30(24,2)3)49-51(44,45)46/h7-13,15,19,21,24H,5-6,14,31H2,1-4H3,(H5,32,33,35,40,42,43,44,45,46)/p+1/b36-23-/t19-,21-,24+/m0/s1. The molecule has 1 aliphatic heterocycles. The van der Waals surface area contributed by atoms with Crippen molar-refractivity contribution in [3.8, 4) is 16.9 Å². The number of nitrogens with one attached hydrogen (secondary N) is 2. The van der Waals surface area contributed by atoms with Gasteiger partial charge in [0.05, 0.1) is 18.8 Å². The van der Waals surface area contributed by atoms with E-state index in [-0.39, 0.29) is 16.7 Å². The zero-order valence-electron chi connectivity index (χ0n) is 27.8. The quantitative estimate of drug-likeness (QED) is 0.0380. The van der Waals surface area contributed by atoms with Crippen molar-refractivity contribution in [3.63, 3.8) is 0 Å². The number of carbonyl (C=O) groups is 4. The molecule has 3 heterocycles. The van der Waals surface area contributed by atoms with E-state index in [1.165, 1.54) is 19.2 Å². The Balaban J connectivity index is 1.42. The Kier molecular flexibility index (Phi) is 11.9. The van der Waals surface area contributed by atoms with Gasteiger partial charge in [-0.25, -0.2) is 24.5 Å². The molecule has 3 aromatic rings. The van der Waals surface area contributed by atoms with Gasteiger partial charge in [-0.05, 0) is 44.0 Å². The summed E-state index contributed by atoms with van der Waals surface area (Å²) in [5.74, 6) is -2.94. The number of ether oxygens (including phenoxy) is 1. The maximum atomic E-state index is 13.2. The van der Waals surface area contributed by atoms with Crippen molar-refractivity contribution in [2.24, 2.45) is 17.9 Å². The third-order valence-corrected chi connectivity index (χ3v) is 8.57. The second kappa shape index (κ2) is 15.8. The Morgan fingerprint density at radius 2 is 1.84 bits per heavy atom. The first-order chi connectivity index (χ1) is 23.9. The van der Waals surface area contributed by atoms with Crippen molar-refractivity contribution >= 4 is 62.1 Å². The number of benzene rings is 1. The number of anilines is 2. The van der Waals surface area contributed by atoms with E-state index < -0.39 is 64.2 Å². The Morgan fingerprint density at radius 1 is 1.18 bits per heavy atom. The van der Waals surface area contributed by atoms with Crippen molar-refractivity contribution in [3.05, 3.63) is 53.7 Å². The maximum absolute atomic E-state index is 13.2. The van der Waals surface area contributed by atoms with Crippen LogP contribution >= 0.6 is 11.3 Å². The summed E-state index contributed by atoms with van der Waals surface area (Å²) in [6.07, 6.45) is 1.46. The molecule has 0 radical (unpaired) electrons. The normalized spacial score (nSPS) is 16.8. The first-order valence-electron chi connectivity index (χ1n) is 15.2. The molecule has 3 atom stereocenters. The van der Waals surface area contributed by atoms with Gasteiger partial charge in [0.2, 0.25) is 0 Å². The molecule has 0 bridgehead atoms. The number of aromatic nitrogens is 2. The Labute approximate surface area is 296 Å². The minimum atomic E-state index is -5.03.